The van der Waals surface area contributed by atoms with E-state index in [2.05, 4.69) is 0 Å². The van der Waals surface area contributed by atoms with Gasteiger partial charge in [-0.1, -0.05) is 29.3 Å². The van der Waals surface area contributed by atoms with Gasteiger partial charge in [-0.2, -0.15) is 0 Å². The molecule has 0 fully saturated rings. The van der Waals surface area contributed by atoms with Crippen LogP contribution >= 0.6 is 34.5 Å². The lowest BCUT2D eigenvalue weighted by atomic mass is 10.0. The average Bonchev–Trinajstić information content (AvgIpc) is 2.83. The molecule has 0 radical (unpaired) electrons. The summed E-state index contributed by atoms with van der Waals surface area (Å²) in [4.78, 5) is 0.994. The van der Waals surface area contributed by atoms with E-state index < -0.39 is 6.10 Å². The van der Waals surface area contributed by atoms with E-state index in [-0.39, 0.29) is 0 Å². The van der Waals surface area contributed by atoms with Crippen LogP contribution in [0.1, 0.15) is 16.5 Å². The van der Waals surface area contributed by atoms with Crippen molar-refractivity contribution in [1.29, 1.82) is 0 Å². The van der Waals surface area contributed by atoms with Gasteiger partial charge in [-0.15, -0.1) is 11.3 Å². The molecule has 1 aromatic carbocycles. The van der Waals surface area contributed by atoms with Crippen molar-refractivity contribution in [3.8, 4) is 11.5 Å². The van der Waals surface area contributed by atoms with E-state index in [0.717, 1.165) is 4.88 Å². The molecule has 0 aliphatic rings. The molecule has 20 heavy (non-hydrogen) atoms. The number of halogens is 2. The largest absolute Gasteiger partial charge is 0.493 e. The summed E-state index contributed by atoms with van der Waals surface area (Å²) in [6.07, 6.45) is -0.274. The number of hydrogen-bond acceptors (Lipinski definition) is 4. The lowest BCUT2D eigenvalue weighted by molar-refractivity contribution is 0.179. The number of aliphatic hydroxyl groups is 1. The third-order valence-corrected chi connectivity index (χ3v) is 4.54. The number of thiophene rings is 1. The standard InChI is InChI=1S/C14H14Cl2O3S/c1-18-11-5-4-9(13(16)14(11)19-2)10(17)7-8-3-6-12(15)20-8/h3-6,10,17H,7H2,1-2H3. The topological polar surface area (TPSA) is 38.7 Å². The highest BCUT2D eigenvalue weighted by Gasteiger charge is 2.19. The van der Waals surface area contributed by atoms with Crippen molar-refractivity contribution in [2.75, 3.05) is 14.2 Å². The molecular weight excluding hydrogens is 319 g/mol. The molecule has 0 bridgehead atoms. The number of hydrogen-bond donors (Lipinski definition) is 1. The molecule has 0 saturated carbocycles. The van der Waals surface area contributed by atoms with Crippen LogP contribution < -0.4 is 9.47 Å². The molecule has 6 heteroatoms. The van der Waals surface area contributed by atoms with E-state index in [1.807, 2.05) is 12.1 Å². The van der Waals surface area contributed by atoms with Crippen molar-refractivity contribution in [2.24, 2.45) is 0 Å². The lowest BCUT2D eigenvalue weighted by Gasteiger charge is -2.16. The van der Waals surface area contributed by atoms with Crippen molar-refractivity contribution in [1.82, 2.24) is 0 Å². The molecule has 1 N–H and O–H groups in total. The number of rotatable bonds is 5. The van der Waals surface area contributed by atoms with Crippen LogP contribution in [-0.2, 0) is 6.42 Å². The maximum absolute atomic E-state index is 10.3. The van der Waals surface area contributed by atoms with Crippen molar-refractivity contribution < 1.29 is 14.6 Å². The highest BCUT2D eigenvalue weighted by molar-refractivity contribution is 7.16. The van der Waals surface area contributed by atoms with Crippen molar-refractivity contribution in [2.45, 2.75) is 12.5 Å². The van der Waals surface area contributed by atoms with Gasteiger partial charge in [0.1, 0.15) is 0 Å². The molecule has 0 saturated heterocycles. The first-order valence-electron chi connectivity index (χ1n) is 5.89. The highest BCUT2D eigenvalue weighted by Crippen LogP contribution is 2.40. The average molecular weight is 333 g/mol. The van der Waals surface area contributed by atoms with Gasteiger partial charge in [-0.05, 0) is 18.2 Å². The second-order valence-corrected chi connectivity index (χ2v) is 6.31. The Morgan fingerprint density at radius 3 is 2.45 bits per heavy atom. The maximum atomic E-state index is 10.3. The fraction of sp³-hybridized carbons (Fsp3) is 0.286. The first kappa shape index (κ1) is 15.4. The van der Waals surface area contributed by atoms with Crippen molar-refractivity contribution in [3.63, 3.8) is 0 Å². The zero-order chi connectivity index (χ0) is 14.7. The molecule has 108 valence electrons. The van der Waals surface area contributed by atoms with Gasteiger partial charge in [0.2, 0.25) is 0 Å². The molecule has 0 amide bonds. The molecule has 0 aliphatic heterocycles. The third kappa shape index (κ3) is 3.20. The van der Waals surface area contributed by atoms with E-state index in [1.165, 1.54) is 25.6 Å². The Balaban J connectivity index is 2.28. The molecule has 2 aromatic rings. The third-order valence-electron chi connectivity index (χ3n) is 2.90. The predicted molar refractivity (Wildman–Crippen MR) is 82.5 cm³/mol. The maximum Gasteiger partial charge on any atom is 0.179 e. The molecule has 1 atom stereocenters. The van der Waals surface area contributed by atoms with Gasteiger partial charge in [0.25, 0.3) is 0 Å². The van der Waals surface area contributed by atoms with E-state index in [1.54, 1.807) is 12.1 Å². The van der Waals surface area contributed by atoms with Crippen LogP contribution in [-0.4, -0.2) is 19.3 Å². The van der Waals surface area contributed by atoms with Crippen LogP contribution in [0.25, 0.3) is 0 Å². The lowest BCUT2D eigenvalue weighted by Crippen LogP contribution is -2.03. The summed E-state index contributed by atoms with van der Waals surface area (Å²) in [5, 5.41) is 10.7. The summed E-state index contributed by atoms with van der Waals surface area (Å²) >= 11 is 13.6. The van der Waals surface area contributed by atoms with E-state index in [9.17, 15) is 5.11 Å². The second kappa shape index (κ2) is 6.68. The summed E-state index contributed by atoms with van der Waals surface area (Å²) in [7, 11) is 3.05. The van der Waals surface area contributed by atoms with Gasteiger partial charge in [0.05, 0.1) is 29.7 Å². The monoisotopic (exact) mass is 332 g/mol. The van der Waals surface area contributed by atoms with E-state index in [4.69, 9.17) is 32.7 Å². The van der Waals surface area contributed by atoms with Crippen molar-refractivity contribution >= 4 is 34.5 Å². The van der Waals surface area contributed by atoms with Gasteiger partial charge in [0, 0.05) is 16.9 Å². The van der Waals surface area contributed by atoms with Crippen LogP contribution in [0.4, 0.5) is 0 Å². The normalized spacial score (nSPS) is 12.2. The SMILES string of the molecule is COc1ccc(C(O)Cc2ccc(Cl)s2)c(Cl)c1OC. The number of benzene rings is 1. The minimum absolute atomic E-state index is 0.363. The Kier molecular flexibility index (Phi) is 5.16. The number of methoxy groups -OCH3 is 2. The molecule has 3 nitrogen and oxygen atoms in total. The number of aliphatic hydroxyl groups excluding tert-OH is 1. The summed E-state index contributed by atoms with van der Waals surface area (Å²) in [5.41, 5.74) is 0.605. The fourth-order valence-corrected chi connectivity index (χ4v) is 3.41. The summed E-state index contributed by atoms with van der Waals surface area (Å²) in [6.45, 7) is 0. The zero-order valence-corrected chi connectivity index (χ0v) is 13.4. The van der Waals surface area contributed by atoms with Gasteiger partial charge in [-0.25, -0.2) is 0 Å². The van der Waals surface area contributed by atoms with Crippen LogP contribution in [0.2, 0.25) is 9.36 Å². The highest BCUT2D eigenvalue weighted by atomic mass is 35.5. The molecule has 0 spiro atoms. The van der Waals surface area contributed by atoms with Crippen LogP contribution in [0.3, 0.4) is 0 Å². The van der Waals surface area contributed by atoms with Crippen molar-refractivity contribution in [3.05, 3.63) is 44.1 Å². The first-order chi connectivity index (χ1) is 9.56. The van der Waals surface area contributed by atoms with Crippen LogP contribution in [0.5, 0.6) is 11.5 Å². The van der Waals surface area contributed by atoms with Gasteiger partial charge in [0.15, 0.2) is 11.5 Å². The molecule has 0 aliphatic carbocycles. The van der Waals surface area contributed by atoms with E-state index in [0.29, 0.717) is 32.8 Å². The Hall–Kier alpha value is -0.940. The molecule has 2 rings (SSSR count). The van der Waals surface area contributed by atoms with Gasteiger partial charge in [-0.3, -0.25) is 0 Å². The Labute approximate surface area is 131 Å². The van der Waals surface area contributed by atoms with E-state index >= 15 is 0 Å². The first-order valence-corrected chi connectivity index (χ1v) is 7.46. The van der Waals surface area contributed by atoms with Gasteiger partial charge < -0.3 is 14.6 Å². The summed E-state index contributed by atoms with van der Waals surface area (Å²) in [6, 6.07) is 7.17. The Bertz CT molecular complexity index is 598. The summed E-state index contributed by atoms with van der Waals surface area (Å²) < 4.78 is 11.1. The van der Waals surface area contributed by atoms with Gasteiger partial charge >= 0.3 is 0 Å². The minimum atomic E-state index is -0.725. The predicted octanol–water partition coefficient (Wildman–Crippen LogP) is 4.35. The molecule has 1 unspecified atom stereocenters. The fourth-order valence-electron chi connectivity index (χ4n) is 1.92. The Morgan fingerprint density at radius 2 is 1.90 bits per heavy atom. The number of ether oxygens (including phenoxy) is 2. The van der Waals surface area contributed by atoms with Crippen LogP contribution in [0, 0.1) is 0 Å². The summed E-state index contributed by atoms with van der Waals surface area (Å²) in [5.74, 6) is 0.961. The zero-order valence-electron chi connectivity index (χ0n) is 11.0. The molecule has 1 aromatic heterocycles. The smallest absolute Gasteiger partial charge is 0.179 e. The quantitative estimate of drug-likeness (QED) is 0.884. The molecular formula is C14H14Cl2O3S. The Morgan fingerprint density at radius 1 is 1.15 bits per heavy atom. The minimum Gasteiger partial charge on any atom is -0.493 e. The molecule has 1 heterocycles. The van der Waals surface area contributed by atoms with Crippen LogP contribution in [0.15, 0.2) is 24.3 Å². The second-order valence-electron chi connectivity index (χ2n) is 4.13.